The molecule has 90 valence electrons. The molecule has 0 saturated heterocycles. The van der Waals surface area contributed by atoms with E-state index >= 15 is 0 Å². The van der Waals surface area contributed by atoms with Gasteiger partial charge in [-0.3, -0.25) is 4.79 Å². The van der Waals surface area contributed by atoms with E-state index < -0.39 is 0 Å². The molecule has 0 atom stereocenters. The number of ether oxygens (including phenoxy) is 1. The van der Waals surface area contributed by atoms with Crippen molar-refractivity contribution < 1.29 is 14.6 Å². The molecule has 0 aromatic carbocycles. The largest absolute Gasteiger partial charge is 0.460 e. The van der Waals surface area contributed by atoms with Crippen LogP contribution < -0.4 is 0 Å². The van der Waals surface area contributed by atoms with Crippen molar-refractivity contribution in [2.24, 2.45) is 0 Å². The summed E-state index contributed by atoms with van der Waals surface area (Å²) in [6.07, 6.45) is 5.44. The molecular weight excluding hydrogens is 192 g/mol. The zero-order valence-electron chi connectivity index (χ0n) is 10.2. The van der Waals surface area contributed by atoms with Crippen LogP contribution >= 0.6 is 0 Å². The maximum atomic E-state index is 11.3. The number of hydrogen-bond acceptors (Lipinski definition) is 3. The van der Waals surface area contributed by atoms with E-state index in [0.29, 0.717) is 6.42 Å². The summed E-state index contributed by atoms with van der Waals surface area (Å²) in [4.78, 5) is 11.3. The lowest BCUT2D eigenvalue weighted by molar-refractivity contribution is -0.154. The van der Waals surface area contributed by atoms with Gasteiger partial charge in [0.25, 0.3) is 0 Å². The number of aliphatic hydroxyl groups is 1. The van der Waals surface area contributed by atoms with Crippen molar-refractivity contribution in [3.05, 3.63) is 0 Å². The second kappa shape index (κ2) is 7.69. The molecule has 0 rings (SSSR count). The molecule has 0 saturated carbocycles. The SMILES string of the molecule is CC(C)(C)OC(=O)CCCCCCCO. The molecule has 0 aliphatic rings. The molecular formula is C12H24O3. The standard InChI is InChI=1S/C12H24O3/c1-12(2,3)15-11(14)9-7-5-4-6-8-10-13/h13H,4-10H2,1-3H3. The van der Waals surface area contributed by atoms with E-state index in [1.165, 1.54) is 0 Å². The van der Waals surface area contributed by atoms with Gasteiger partial charge >= 0.3 is 5.97 Å². The van der Waals surface area contributed by atoms with Crippen LogP contribution in [0.25, 0.3) is 0 Å². The molecule has 3 nitrogen and oxygen atoms in total. The summed E-state index contributed by atoms with van der Waals surface area (Å²) in [5.41, 5.74) is -0.367. The average molecular weight is 216 g/mol. The number of carbonyl (C=O) groups excluding carboxylic acids is 1. The van der Waals surface area contributed by atoms with E-state index in [4.69, 9.17) is 9.84 Å². The minimum Gasteiger partial charge on any atom is -0.460 e. The Hall–Kier alpha value is -0.570. The first-order chi connectivity index (χ1) is 6.95. The molecule has 15 heavy (non-hydrogen) atoms. The molecule has 0 fully saturated rings. The van der Waals surface area contributed by atoms with Crippen LogP contribution in [-0.2, 0) is 9.53 Å². The number of hydrogen-bond donors (Lipinski definition) is 1. The minimum atomic E-state index is -0.367. The van der Waals surface area contributed by atoms with Gasteiger partial charge in [0.15, 0.2) is 0 Å². The maximum Gasteiger partial charge on any atom is 0.306 e. The van der Waals surface area contributed by atoms with Crippen LogP contribution in [0.4, 0.5) is 0 Å². The van der Waals surface area contributed by atoms with E-state index in [-0.39, 0.29) is 18.2 Å². The highest BCUT2D eigenvalue weighted by atomic mass is 16.6. The van der Waals surface area contributed by atoms with E-state index in [1.807, 2.05) is 20.8 Å². The van der Waals surface area contributed by atoms with Gasteiger partial charge in [0.2, 0.25) is 0 Å². The summed E-state index contributed by atoms with van der Waals surface area (Å²) in [7, 11) is 0. The van der Waals surface area contributed by atoms with Crippen molar-refractivity contribution >= 4 is 5.97 Å². The first-order valence-electron chi connectivity index (χ1n) is 5.78. The van der Waals surface area contributed by atoms with Crippen LogP contribution in [0.2, 0.25) is 0 Å². The number of carbonyl (C=O) groups is 1. The highest BCUT2D eigenvalue weighted by Gasteiger charge is 2.15. The predicted molar refractivity (Wildman–Crippen MR) is 60.6 cm³/mol. The van der Waals surface area contributed by atoms with Crippen molar-refractivity contribution in [3.63, 3.8) is 0 Å². The molecule has 0 unspecified atom stereocenters. The molecule has 0 amide bonds. The van der Waals surface area contributed by atoms with Gasteiger partial charge in [-0.2, -0.15) is 0 Å². The molecule has 0 aromatic rings. The van der Waals surface area contributed by atoms with Gasteiger partial charge in [-0.1, -0.05) is 19.3 Å². The topological polar surface area (TPSA) is 46.5 Å². The van der Waals surface area contributed by atoms with E-state index in [0.717, 1.165) is 32.1 Å². The van der Waals surface area contributed by atoms with Gasteiger partial charge in [0, 0.05) is 13.0 Å². The van der Waals surface area contributed by atoms with Gasteiger partial charge in [-0.15, -0.1) is 0 Å². The highest BCUT2D eigenvalue weighted by Crippen LogP contribution is 2.11. The molecule has 0 bridgehead atoms. The summed E-state index contributed by atoms with van der Waals surface area (Å²) >= 11 is 0. The zero-order chi connectivity index (χ0) is 11.7. The van der Waals surface area contributed by atoms with Crippen molar-refractivity contribution in [3.8, 4) is 0 Å². The van der Waals surface area contributed by atoms with Crippen LogP contribution in [0.15, 0.2) is 0 Å². The fourth-order valence-corrected chi connectivity index (χ4v) is 1.30. The summed E-state index contributed by atoms with van der Waals surface area (Å²) in [5, 5.41) is 8.56. The number of aliphatic hydroxyl groups excluding tert-OH is 1. The van der Waals surface area contributed by atoms with Crippen molar-refractivity contribution in [2.75, 3.05) is 6.61 Å². The molecule has 3 heteroatoms. The average Bonchev–Trinajstić information content (AvgIpc) is 2.08. The molecule has 0 aromatic heterocycles. The third-order valence-electron chi connectivity index (χ3n) is 1.96. The number of unbranched alkanes of at least 4 members (excludes halogenated alkanes) is 4. The molecule has 0 heterocycles. The van der Waals surface area contributed by atoms with E-state index in [1.54, 1.807) is 0 Å². The normalized spacial score (nSPS) is 11.5. The fourth-order valence-electron chi connectivity index (χ4n) is 1.30. The van der Waals surface area contributed by atoms with Gasteiger partial charge in [0.1, 0.15) is 5.60 Å². The quantitative estimate of drug-likeness (QED) is 0.525. The minimum absolute atomic E-state index is 0.107. The van der Waals surface area contributed by atoms with Gasteiger partial charge in [-0.25, -0.2) is 0 Å². The molecule has 1 N–H and O–H groups in total. The Morgan fingerprint density at radius 3 is 2.13 bits per heavy atom. The lowest BCUT2D eigenvalue weighted by Crippen LogP contribution is -2.23. The Bertz CT molecular complexity index is 170. The predicted octanol–water partition coefficient (Wildman–Crippen LogP) is 2.66. The van der Waals surface area contributed by atoms with Crippen LogP contribution in [0.5, 0.6) is 0 Å². The summed E-state index contributed by atoms with van der Waals surface area (Å²) in [5.74, 6) is -0.107. The van der Waals surface area contributed by atoms with E-state index in [9.17, 15) is 4.79 Å². The maximum absolute atomic E-state index is 11.3. The van der Waals surface area contributed by atoms with E-state index in [2.05, 4.69) is 0 Å². The Balaban J connectivity index is 3.32. The first kappa shape index (κ1) is 14.4. The second-order valence-electron chi connectivity index (χ2n) is 4.83. The van der Waals surface area contributed by atoms with Crippen molar-refractivity contribution in [2.45, 2.75) is 64.9 Å². The van der Waals surface area contributed by atoms with Crippen LogP contribution in [0.3, 0.4) is 0 Å². The van der Waals surface area contributed by atoms with Crippen LogP contribution in [0, 0.1) is 0 Å². The van der Waals surface area contributed by atoms with Gasteiger partial charge < -0.3 is 9.84 Å². The monoisotopic (exact) mass is 216 g/mol. The Labute approximate surface area is 92.8 Å². The lowest BCUT2D eigenvalue weighted by atomic mass is 10.1. The first-order valence-corrected chi connectivity index (χ1v) is 5.78. The molecule has 0 aliphatic heterocycles. The summed E-state index contributed by atoms with van der Waals surface area (Å²) in [6.45, 7) is 5.91. The Morgan fingerprint density at radius 1 is 1.07 bits per heavy atom. The summed E-state index contributed by atoms with van der Waals surface area (Å²) in [6, 6.07) is 0. The Morgan fingerprint density at radius 2 is 1.60 bits per heavy atom. The van der Waals surface area contributed by atoms with Crippen molar-refractivity contribution in [1.29, 1.82) is 0 Å². The van der Waals surface area contributed by atoms with Gasteiger partial charge in [-0.05, 0) is 33.6 Å². The number of rotatable bonds is 7. The molecule has 0 spiro atoms. The Kier molecular flexibility index (Phi) is 7.39. The van der Waals surface area contributed by atoms with Crippen LogP contribution in [-0.4, -0.2) is 23.3 Å². The zero-order valence-corrected chi connectivity index (χ0v) is 10.2. The third kappa shape index (κ3) is 11.4. The van der Waals surface area contributed by atoms with Gasteiger partial charge in [0.05, 0.1) is 0 Å². The third-order valence-corrected chi connectivity index (χ3v) is 1.96. The lowest BCUT2D eigenvalue weighted by Gasteiger charge is -2.19. The molecule has 0 radical (unpaired) electrons. The number of esters is 1. The summed E-state index contributed by atoms with van der Waals surface area (Å²) < 4.78 is 5.19. The molecule has 0 aliphatic carbocycles. The smallest absolute Gasteiger partial charge is 0.306 e. The van der Waals surface area contributed by atoms with Crippen molar-refractivity contribution in [1.82, 2.24) is 0 Å². The highest BCUT2D eigenvalue weighted by molar-refractivity contribution is 5.69. The second-order valence-corrected chi connectivity index (χ2v) is 4.83. The fraction of sp³-hybridized carbons (Fsp3) is 0.917. The van der Waals surface area contributed by atoms with Crippen LogP contribution in [0.1, 0.15) is 59.3 Å².